The number of rotatable bonds is 5. The molecule has 0 radical (unpaired) electrons. The maximum absolute atomic E-state index is 4.56. The van der Waals surface area contributed by atoms with Crippen molar-refractivity contribution >= 4 is 35.2 Å². The molecule has 2 aromatic heterocycles. The van der Waals surface area contributed by atoms with Gasteiger partial charge in [-0.05, 0) is 36.1 Å². The van der Waals surface area contributed by atoms with Crippen LogP contribution in [-0.4, -0.2) is 44.4 Å². The van der Waals surface area contributed by atoms with Crippen molar-refractivity contribution in [1.29, 1.82) is 0 Å². The zero-order valence-electron chi connectivity index (χ0n) is 12.0. The number of aryl methyl sites for hydroxylation is 1. The SMILES string of the molecule is CCc1nsc(Sc2nc(NC)nc(N3CCCC3)n2)n1. The first-order valence-corrected chi connectivity index (χ1v) is 8.56. The third kappa shape index (κ3) is 3.41. The maximum Gasteiger partial charge on any atom is 0.231 e. The van der Waals surface area contributed by atoms with E-state index in [1.807, 2.05) is 14.0 Å². The van der Waals surface area contributed by atoms with Gasteiger partial charge in [0.1, 0.15) is 5.82 Å². The van der Waals surface area contributed by atoms with E-state index in [9.17, 15) is 0 Å². The first-order chi connectivity index (χ1) is 10.3. The van der Waals surface area contributed by atoms with Crippen LogP contribution in [0.3, 0.4) is 0 Å². The lowest BCUT2D eigenvalue weighted by Gasteiger charge is -2.15. The molecular weight excluding hydrogens is 306 g/mol. The Morgan fingerprint density at radius 3 is 2.67 bits per heavy atom. The summed E-state index contributed by atoms with van der Waals surface area (Å²) in [7, 11) is 1.82. The van der Waals surface area contributed by atoms with Crippen LogP contribution in [-0.2, 0) is 6.42 Å². The lowest BCUT2D eigenvalue weighted by Crippen LogP contribution is -2.21. The van der Waals surface area contributed by atoms with E-state index in [0.717, 1.165) is 35.6 Å². The van der Waals surface area contributed by atoms with E-state index < -0.39 is 0 Å². The van der Waals surface area contributed by atoms with Gasteiger partial charge in [-0.1, -0.05) is 6.92 Å². The van der Waals surface area contributed by atoms with Crippen molar-refractivity contribution in [2.45, 2.75) is 35.7 Å². The van der Waals surface area contributed by atoms with Crippen LogP contribution < -0.4 is 10.2 Å². The first-order valence-electron chi connectivity index (χ1n) is 6.97. The van der Waals surface area contributed by atoms with Gasteiger partial charge in [-0.15, -0.1) is 0 Å². The van der Waals surface area contributed by atoms with E-state index in [1.165, 1.54) is 36.1 Å². The number of hydrogen-bond donors (Lipinski definition) is 1. The summed E-state index contributed by atoms with van der Waals surface area (Å²) in [6, 6.07) is 0. The summed E-state index contributed by atoms with van der Waals surface area (Å²) in [5.41, 5.74) is 0. The van der Waals surface area contributed by atoms with E-state index in [4.69, 9.17) is 0 Å². The molecule has 9 heteroatoms. The summed E-state index contributed by atoms with van der Waals surface area (Å²) >= 11 is 2.83. The van der Waals surface area contributed by atoms with Crippen molar-refractivity contribution in [2.75, 3.05) is 30.4 Å². The van der Waals surface area contributed by atoms with Crippen molar-refractivity contribution < 1.29 is 0 Å². The molecule has 0 amide bonds. The van der Waals surface area contributed by atoms with Gasteiger partial charge >= 0.3 is 0 Å². The van der Waals surface area contributed by atoms with Crippen molar-refractivity contribution in [3.63, 3.8) is 0 Å². The molecule has 0 saturated carbocycles. The van der Waals surface area contributed by atoms with Crippen LogP contribution in [0.4, 0.5) is 11.9 Å². The minimum absolute atomic E-state index is 0.592. The Morgan fingerprint density at radius 2 is 2.00 bits per heavy atom. The van der Waals surface area contributed by atoms with Crippen molar-refractivity contribution in [3.05, 3.63) is 5.82 Å². The molecule has 112 valence electrons. The van der Waals surface area contributed by atoms with Gasteiger partial charge in [-0.3, -0.25) is 0 Å². The van der Waals surface area contributed by atoms with Crippen LogP contribution in [0.15, 0.2) is 9.50 Å². The van der Waals surface area contributed by atoms with Gasteiger partial charge in [0, 0.05) is 26.6 Å². The topological polar surface area (TPSA) is 79.7 Å². The summed E-state index contributed by atoms with van der Waals surface area (Å²) in [6.07, 6.45) is 3.23. The zero-order chi connectivity index (χ0) is 14.7. The molecule has 0 aliphatic carbocycles. The number of aromatic nitrogens is 5. The van der Waals surface area contributed by atoms with E-state index in [0.29, 0.717) is 11.1 Å². The normalized spacial score (nSPS) is 14.7. The van der Waals surface area contributed by atoms with Crippen LogP contribution >= 0.6 is 23.3 Å². The molecular formula is C12H17N7S2. The standard InChI is InChI=1S/C12H17N7S2/c1-3-8-14-12(21-18-8)20-11-16-9(13-2)15-10(17-11)19-6-4-5-7-19/h3-7H2,1-2H3,(H,13,15,16,17). The molecule has 1 aliphatic heterocycles. The van der Waals surface area contributed by atoms with Gasteiger partial charge in [-0.2, -0.15) is 19.3 Å². The van der Waals surface area contributed by atoms with Gasteiger partial charge in [-0.25, -0.2) is 4.98 Å². The molecule has 0 atom stereocenters. The van der Waals surface area contributed by atoms with Crippen LogP contribution in [0.1, 0.15) is 25.6 Å². The second-order valence-corrected chi connectivity index (χ2v) is 6.58. The molecule has 0 aromatic carbocycles. The number of nitrogens with one attached hydrogen (secondary N) is 1. The number of nitrogens with zero attached hydrogens (tertiary/aromatic N) is 6. The fraction of sp³-hybridized carbons (Fsp3) is 0.583. The van der Waals surface area contributed by atoms with Crippen molar-refractivity contribution in [3.8, 4) is 0 Å². The monoisotopic (exact) mass is 323 g/mol. The quantitative estimate of drug-likeness (QED) is 0.896. The molecule has 1 aliphatic rings. The predicted molar refractivity (Wildman–Crippen MR) is 84.2 cm³/mol. The molecule has 1 fully saturated rings. The highest BCUT2D eigenvalue weighted by atomic mass is 32.2. The zero-order valence-corrected chi connectivity index (χ0v) is 13.7. The minimum Gasteiger partial charge on any atom is -0.357 e. The molecule has 7 nitrogen and oxygen atoms in total. The highest BCUT2D eigenvalue weighted by Gasteiger charge is 2.18. The third-order valence-electron chi connectivity index (χ3n) is 3.16. The second kappa shape index (κ2) is 6.52. The smallest absolute Gasteiger partial charge is 0.231 e. The average molecular weight is 323 g/mol. The van der Waals surface area contributed by atoms with E-state index in [-0.39, 0.29) is 0 Å². The lowest BCUT2D eigenvalue weighted by atomic mass is 10.4. The Balaban J connectivity index is 1.84. The number of anilines is 2. The Kier molecular flexibility index (Phi) is 4.49. The van der Waals surface area contributed by atoms with Crippen molar-refractivity contribution in [1.82, 2.24) is 24.3 Å². The fourth-order valence-corrected chi connectivity index (χ4v) is 3.61. The highest BCUT2D eigenvalue weighted by molar-refractivity contribution is 8.00. The van der Waals surface area contributed by atoms with Gasteiger partial charge < -0.3 is 10.2 Å². The van der Waals surface area contributed by atoms with E-state index in [1.54, 1.807) is 0 Å². The second-order valence-electron chi connectivity index (χ2n) is 4.62. The summed E-state index contributed by atoms with van der Waals surface area (Å²) < 4.78 is 5.15. The highest BCUT2D eigenvalue weighted by Crippen LogP contribution is 2.28. The molecule has 1 saturated heterocycles. The Bertz CT molecular complexity index is 609. The largest absolute Gasteiger partial charge is 0.357 e. The van der Waals surface area contributed by atoms with E-state index in [2.05, 4.69) is 34.5 Å². The van der Waals surface area contributed by atoms with Gasteiger partial charge in [0.05, 0.1) is 0 Å². The molecule has 0 unspecified atom stereocenters. The van der Waals surface area contributed by atoms with Crippen LogP contribution in [0.2, 0.25) is 0 Å². The van der Waals surface area contributed by atoms with Crippen LogP contribution in [0.25, 0.3) is 0 Å². The molecule has 3 heterocycles. The molecule has 2 aromatic rings. The average Bonchev–Trinajstić information content (AvgIpc) is 3.18. The van der Waals surface area contributed by atoms with Crippen molar-refractivity contribution in [2.24, 2.45) is 0 Å². The molecule has 0 bridgehead atoms. The van der Waals surface area contributed by atoms with Gasteiger partial charge in [0.2, 0.25) is 17.1 Å². The van der Waals surface area contributed by atoms with Gasteiger partial charge in [0.25, 0.3) is 0 Å². The van der Waals surface area contributed by atoms with Crippen LogP contribution in [0.5, 0.6) is 0 Å². The Labute approximate surface area is 131 Å². The predicted octanol–water partition coefficient (Wildman–Crippen LogP) is 2.08. The minimum atomic E-state index is 0.592. The first kappa shape index (κ1) is 14.5. The summed E-state index contributed by atoms with van der Waals surface area (Å²) in [6.45, 7) is 4.07. The summed E-state index contributed by atoms with van der Waals surface area (Å²) in [4.78, 5) is 20.0. The molecule has 1 N–H and O–H groups in total. The van der Waals surface area contributed by atoms with E-state index >= 15 is 0 Å². The number of hydrogen-bond acceptors (Lipinski definition) is 9. The molecule has 21 heavy (non-hydrogen) atoms. The summed E-state index contributed by atoms with van der Waals surface area (Å²) in [5, 5.41) is 3.66. The third-order valence-corrected chi connectivity index (χ3v) is 4.81. The molecule has 0 spiro atoms. The lowest BCUT2D eigenvalue weighted by molar-refractivity contribution is 0.829. The Hall–Kier alpha value is -1.48. The summed E-state index contributed by atoms with van der Waals surface area (Å²) in [5.74, 6) is 2.20. The van der Waals surface area contributed by atoms with Gasteiger partial charge in [0.15, 0.2) is 4.34 Å². The van der Waals surface area contributed by atoms with Crippen LogP contribution in [0, 0.1) is 0 Å². The fourth-order valence-electron chi connectivity index (χ4n) is 2.06. The molecule has 3 rings (SSSR count). The Morgan fingerprint density at radius 1 is 1.19 bits per heavy atom. The maximum atomic E-state index is 4.56.